The number of nitrogens with zero attached hydrogens (tertiary/aromatic N) is 3. The lowest BCUT2D eigenvalue weighted by Gasteiger charge is -2.28. The Kier molecular flexibility index (Phi) is 10.6. The van der Waals surface area contributed by atoms with E-state index in [0.29, 0.717) is 35.1 Å². The second-order valence-electron chi connectivity index (χ2n) is 12.0. The van der Waals surface area contributed by atoms with Gasteiger partial charge in [0.15, 0.2) is 5.82 Å². The molecule has 0 spiro atoms. The maximum atomic E-state index is 12.8. The van der Waals surface area contributed by atoms with Crippen LogP contribution in [0.4, 0.5) is 23.1 Å². The molecule has 2 atom stereocenters. The van der Waals surface area contributed by atoms with Crippen LogP contribution in [0.25, 0.3) is 0 Å². The molecule has 0 radical (unpaired) electrons. The molecule has 226 valence electrons. The van der Waals surface area contributed by atoms with E-state index in [4.69, 9.17) is 16.3 Å². The summed E-state index contributed by atoms with van der Waals surface area (Å²) in [7, 11) is -2.51. The van der Waals surface area contributed by atoms with E-state index in [-0.39, 0.29) is 0 Å². The summed E-state index contributed by atoms with van der Waals surface area (Å²) >= 11 is 6.45. The van der Waals surface area contributed by atoms with Gasteiger partial charge < -0.3 is 24.8 Å². The van der Waals surface area contributed by atoms with Crippen molar-refractivity contribution in [2.24, 2.45) is 5.92 Å². The van der Waals surface area contributed by atoms with Gasteiger partial charge in [0.05, 0.1) is 11.9 Å². The zero-order valence-electron chi connectivity index (χ0n) is 26.0. The van der Waals surface area contributed by atoms with Crippen LogP contribution in [-0.2, 0) is 4.57 Å². The van der Waals surface area contributed by atoms with Crippen molar-refractivity contribution in [3.05, 3.63) is 70.5 Å². The van der Waals surface area contributed by atoms with Crippen LogP contribution in [0.15, 0.2) is 54.4 Å². The molecule has 3 aromatic rings. The number of aromatic nitrogens is 2. The molecule has 1 aromatic heterocycles. The van der Waals surface area contributed by atoms with Crippen molar-refractivity contribution in [2.75, 3.05) is 37.1 Å². The summed E-state index contributed by atoms with van der Waals surface area (Å²) in [5.41, 5.74) is 4.94. The second kappa shape index (κ2) is 14.0. The number of nitrogens with one attached hydrogen (secondary N) is 2. The predicted octanol–water partition coefficient (Wildman–Crippen LogP) is 8.67. The first-order chi connectivity index (χ1) is 19.9. The Bertz CT molecular complexity index is 1470. The number of hydrogen-bond donors (Lipinski definition) is 2. The van der Waals surface area contributed by atoms with E-state index in [1.807, 2.05) is 30.3 Å². The molecule has 2 unspecified atom stereocenters. The summed E-state index contributed by atoms with van der Waals surface area (Å²) in [6.45, 7) is 16.0. The lowest BCUT2D eigenvalue weighted by atomic mass is 10.1. The quantitative estimate of drug-likeness (QED) is 0.199. The fourth-order valence-electron chi connectivity index (χ4n) is 5.47. The van der Waals surface area contributed by atoms with Gasteiger partial charge in [0.1, 0.15) is 24.5 Å². The van der Waals surface area contributed by atoms with Crippen LogP contribution in [0.1, 0.15) is 57.6 Å². The molecule has 1 saturated carbocycles. The van der Waals surface area contributed by atoms with Crippen LogP contribution < -0.4 is 20.7 Å². The molecule has 1 aliphatic carbocycles. The third-order valence-corrected chi connectivity index (χ3v) is 9.64. The van der Waals surface area contributed by atoms with Crippen molar-refractivity contribution in [1.82, 2.24) is 14.9 Å². The summed E-state index contributed by atoms with van der Waals surface area (Å²) < 4.78 is 19.2. The molecular weight excluding hydrogens is 565 g/mol. The van der Waals surface area contributed by atoms with Gasteiger partial charge >= 0.3 is 0 Å². The highest BCUT2D eigenvalue weighted by Crippen LogP contribution is 2.39. The van der Waals surface area contributed by atoms with Crippen LogP contribution in [0.5, 0.6) is 5.75 Å². The zero-order valence-corrected chi connectivity index (χ0v) is 27.6. The molecule has 2 N–H and O–H groups in total. The lowest BCUT2D eigenvalue weighted by Crippen LogP contribution is -2.30. The maximum Gasteiger partial charge on any atom is 0.229 e. The number of hydrogen-bond acceptors (Lipinski definition) is 7. The minimum Gasteiger partial charge on any atom is -0.489 e. The Morgan fingerprint density at radius 1 is 1.19 bits per heavy atom. The highest BCUT2D eigenvalue weighted by Gasteiger charge is 2.25. The SMILES string of the molecule is CCCN(/C=C(\C)COc1cc(Nc2ncc(Cl)c(Nc3ccccc3P(C)(C)=O)n2)cc(C)c1C)C1CCC(C)C1. The first kappa shape index (κ1) is 31.9. The van der Waals surface area contributed by atoms with Gasteiger partial charge in [0, 0.05) is 35.8 Å². The van der Waals surface area contributed by atoms with Gasteiger partial charge in [0.25, 0.3) is 0 Å². The average molecular weight is 610 g/mol. The van der Waals surface area contributed by atoms with Crippen molar-refractivity contribution in [2.45, 2.75) is 66.3 Å². The van der Waals surface area contributed by atoms with Crippen LogP contribution in [0.3, 0.4) is 0 Å². The fraction of sp³-hybridized carbons (Fsp3) is 0.455. The van der Waals surface area contributed by atoms with Crippen LogP contribution in [-0.4, -0.2) is 47.4 Å². The van der Waals surface area contributed by atoms with Crippen LogP contribution in [0.2, 0.25) is 5.02 Å². The van der Waals surface area contributed by atoms with Gasteiger partial charge in [-0.2, -0.15) is 4.98 Å². The summed E-state index contributed by atoms with van der Waals surface area (Å²) in [6, 6.07) is 12.2. The minimum atomic E-state index is -2.51. The van der Waals surface area contributed by atoms with Crippen molar-refractivity contribution < 1.29 is 9.30 Å². The number of para-hydroxylation sites is 1. The first-order valence-corrected chi connectivity index (χ1v) is 17.8. The van der Waals surface area contributed by atoms with Crippen molar-refractivity contribution >= 4 is 47.2 Å². The Hall–Kier alpha value is -3.02. The molecule has 1 heterocycles. The van der Waals surface area contributed by atoms with Gasteiger partial charge in [0.2, 0.25) is 5.95 Å². The van der Waals surface area contributed by atoms with Crippen molar-refractivity contribution in [3.8, 4) is 5.75 Å². The Balaban J connectivity index is 1.49. The fourth-order valence-corrected chi connectivity index (χ4v) is 6.76. The number of anilines is 4. The molecule has 0 saturated heterocycles. The largest absolute Gasteiger partial charge is 0.489 e. The molecule has 7 nitrogen and oxygen atoms in total. The molecular formula is C33H45ClN5O2P. The molecule has 0 amide bonds. The molecule has 1 aliphatic rings. The van der Waals surface area contributed by atoms with E-state index in [9.17, 15) is 4.57 Å². The molecule has 9 heteroatoms. The van der Waals surface area contributed by atoms with Crippen molar-refractivity contribution in [3.63, 3.8) is 0 Å². The summed E-state index contributed by atoms with van der Waals surface area (Å²) in [6.07, 6.45) is 8.85. The van der Waals surface area contributed by atoms with Gasteiger partial charge in [-0.3, -0.25) is 0 Å². The average Bonchev–Trinajstić information content (AvgIpc) is 3.37. The third kappa shape index (κ3) is 8.29. The standard InChI is InChI=1S/C33H45ClN5O2P/c1-8-15-39(27-14-13-22(2)16-27)20-23(3)21-41-30-18-26(17-24(4)25(30)5)36-33-35-19-28(34)32(38-33)37-29-11-9-10-12-31(29)42(6,7)40/h9-12,17-20,22,27H,8,13-16,21H2,1-7H3,(H2,35,36,37,38)/b23-20+. The van der Waals surface area contributed by atoms with Gasteiger partial charge in [-0.05, 0) is 101 Å². The number of aryl methyl sites for hydroxylation is 1. The smallest absolute Gasteiger partial charge is 0.229 e. The minimum absolute atomic E-state index is 0.368. The summed E-state index contributed by atoms with van der Waals surface area (Å²) in [5.74, 6) is 2.45. The molecule has 0 bridgehead atoms. The third-order valence-electron chi connectivity index (χ3n) is 7.82. The second-order valence-corrected chi connectivity index (χ2v) is 15.6. The highest BCUT2D eigenvalue weighted by molar-refractivity contribution is 7.70. The highest BCUT2D eigenvalue weighted by atomic mass is 35.5. The Morgan fingerprint density at radius 2 is 1.95 bits per heavy atom. The topological polar surface area (TPSA) is 79.4 Å². The van der Waals surface area contributed by atoms with E-state index >= 15 is 0 Å². The maximum absolute atomic E-state index is 12.8. The predicted molar refractivity (Wildman–Crippen MR) is 178 cm³/mol. The van der Waals surface area contributed by atoms with Crippen LogP contribution in [0, 0.1) is 19.8 Å². The number of benzene rings is 2. The van der Waals surface area contributed by atoms with E-state index in [2.05, 4.69) is 72.4 Å². The molecule has 42 heavy (non-hydrogen) atoms. The summed E-state index contributed by atoms with van der Waals surface area (Å²) in [5, 5.41) is 7.67. The normalized spacial score (nSPS) is 17.3. The van der Waals surface area contributed by atoms with E-state index in [1.54, 1.807) is 19.5 Å². The first-order valence-electron chi connectivity index (χ1n) is 14.8. The van der Waals surface area contributed by atoms with Gasteiger partial charge in [-0.15, -0.1) is 0 Å². The van der Waals surface area contributed by atoms with Gasteiger partial charge in [-0.25, -0.2) is 4.98 Å². The molecule has 0 aliphatic heterocycles. The summed E-state index contributed by atoms with van der Waals surface area (Å²) in [4.78, 5) is 11.5. The monoisotopic (exact) mass is 609 g/mol. The Morgan fingerprint density at radius 3 is 2.64 bits per heavy atom. The van der Waals surface area contributed by atoms with Crippen molar-refractivity contribution in [1.29, 1.82) is 0 Å². The van der Waals surface area contributed by atoms with E-state index < -0.39 is 7.14 Å². The van der Waals surface area contributed by atoms with Crippen LogP contribution >= 0.6 is 18.7 Å². The molecule has 4 rings (SSSR count). The van der Waals surface area contributed by atoms with Gasteiger partial charge in [-0.1, -0.05) is 37.6 Å². The molecule has 2 aromatic carbocycles. The lowest BCUT2D eigenvalue weighted by molar-refractivity contribution is 0.267. The zero-order chi connectivity index (χ0) is 30.4. The van der Waals surface area contributed by atoms with E-state index in [0.717, 1.165) is 46.8 Å². The number of rotatable bonds is 12. The number of ether oxygens (including phenoxy) is 1. The van der Waals surface area contributed by atoms with E-state index in [1.165, 1.54) is 24.8 Å². The number of halogens is 1. The Labute approximate surface area is 256 Å². The molecule has 1 fully saturated rings.